The summed E-state index contributed by atoms with van der Waals surface area (Å²) in [6.45, 7) is 1.01. The van der Waals surface area contributed by atoms with Crippen molar-refractivity contribution in [3.8, 4) is 5.75 Å². The topological polar surface area (TPSA) is 87.5 Å². The molecule has 3 aliphatic rings. The number of amides is 1. The van der Waals surface area contributed by atoms with Gasteiger partial charge in [-0.2, -0.15) is 5.10 Å². The average Bonchev–Trinajstić information content (AvgIpc) is 3.16. The van der Waals surface area contributed by atoms with Gasteiger partial charge in [0.1, 0.15) is 17.7 Å². The summed E-state index contributed by atoms with van der Waals surface area (Å²) in [6, 6.07) is 9.72. The molecule has 0 saturated carbocycles. The normalized spacial score (nSPS) is 21.1. The van der Waals surface area contributed by atoms with Crippen molar-refractivity contribution in [2.45, 2.75) is 18.5 Å². The van der Waals surface area contributed by atoms with Crippen LogP contribution in [0.2, 0.25) is 0 Å². The number of carboxylic acids is 1. The standard InChI is InChI=1S/C18H13N3O4S.Na/c22-16-13(17-21(16)14(9-26-17)18(23)24)6-11-5-12-8-25-15-4-2-1-3-10(15)7-20(12)19-11;/h1-6,9,17H,7-8H2,(H,23,24);/q;+1/p-1/b13-6+;/t17-;/m1./s1. The Morgan fingerprint density at radius 1 is 1.37 bits per heavy atom. The van der Waals surface area contributed by atoms with Crippen LogP contribution in [0, 0.1) is 0 Å². The molecule has 2 aromatic rings. The second-order valence-electron chi connectivity index (χ2n) is 6.17. The molecule has 27 heavy (non-hydrogen) atoms. The molecule has 1 amide bonds. The van der Waals surface area contributed by atoms with Crippen molar-refractivity contribution in [3.63, 3.8) is 0 Å². The number of para-hydroxylation sites is 1. The summed E-state index contributed by atoms with van der Waals surface area (Å²) in [6.07, 6.45) is 1.72. The Kier molecular flexibility index (Phi) is 4.67. The predicted molar refractivity (Wildman–Crippen MR) is 91.4 cm³/mol. The summed E-state index contributed by atoms with van der Waals surface area (Å²) in [5, 5.41) is 16.7. The first-order chi connectivity index (χ1) is 12.6. The van der Waals surface area contributed by atoms with Gasteiger partial charge in [-0.25, -0.2) is 0 Å². The Balaban J connectivity index is 0.00000180. The maximum absolute atomic E-state index is 12.3. The minimum absolute atomic E-state index is 0. The molecule has 3 aliphatic heterocycles. The number of carbonyl (C=O) groups excluding carboxylic acids is 2. The van der Waals surface area contributed by atoms with E-state index >= 15 is 0 Å². The van der Waals surface area contributed by atoms with Crippen LogP contribution >= 0.6 is 11.8 Å². The van der Waals surface area contributed by atoms with Crippen LogP contribution in [0.1, 0.15) is 17.0 Å². The molecule has 0 N–H and O–H groups in total. The molecule has 0 radical (unpaired) electrons. The third-order valence-corrected chi connectivity index (χ3v) is 5.68. The van der Waals surface area contributed by atoms with Crippen molar-refractivity contribution in [2.24, 2.45) is 0 Å². The van der Waals surface area contributed by atoms with Gasteiger partial charge in [0.2, 0.25) is 0 Å². The van der Waals surface area contributed by atoms with Crippen molar-refractivity contribution in [3.05, 3.63) is 64.0 Å². The number of thioether (sulfide) groups is 1. The number of aromatic nitrogens is 2. The molecular weight excluding hydrogens is 377 g/mol. The molecule has 0 aliphatic carbocycles. The van der Waals surface area contributed by atoms with E-state index in [1.54, 1.807) is 6.08 Å². The molecule has 0 bridgehead atoms. The van der Waals surface area contributed by atoms with E-state index in [0.29, 0.717) is 24.4 Å². The van der Waals surface area contributed by atoms with Crippen LogP contribution in [0.4, 0.5) is 0 Å². The average molecular weight is 389 g/mol. The van der Waals surface area contributed by atoms with Gasteiger partial charge in [-0.05, 0) is 23.6 Å². The number of hydrogen-bond acceptors (Lipinski definition) is 6. The number of carboxylic acid groups (broad SMARTS) is 1. The molecule has 1 aromatic heterocycles. The Bertz CT molecular complexity index is 1030. The van der Waals surface area contributed by atoms with E-state index in [1.165, 1.54) is 22.1 Å². The molecule has 0 spiro atoms. The molecule has 130 valence electrons. The molecule has 1 saturated heterocycles. The van der Waals surface area contributed by atoms with Crippen molar-refractivity contribution in [1.82, 2.24) is 14.7 Å². The number of benzene rings is 1. The molecule has 1 fully saturated rings. The summed E-state index contributed by atoms with van der Waals surface area (Å²) >= 11 is 1.28. The molecule has 1 aromatic carbocycles. The second-order valence-corrected chi connectivity index (χ2v) is 7.12. The van der Waals surface area contributed by atoms with Crippen molar-refractivity contribution in [1.29, 1.82) is 0 Å². The van der Waals surface area contributed by atoms with Gasteiger partial charge in [-0.15, -0.1) is 11.8 Å². The van der Waals surface area contributed by atoms with Crippen LogP contribution in [-0.4, -0.2) is 31.9 Å². The van der Waals surface area contributed by atoms with E-state index in [4.69, 9.17) is 4.74 Å². The summed E-state index contributed by atoms with van der Waals surface area (Å²) < 4.78 is 7.69. The van der Waals surface area contributed by atoms with E-state index in [0.717, 1.165) is 17.0 Å². The minimum atomic E-state index is -1.34. The summed E-state index contributed by atoms with van der Waals surface area (Å²) in [7, 11) is 0. The molecule has 4 heterocycles. The van der Waals surface area contributed by atoms with Crippen LogP contribution in [0.25, 0.3) is 6.08 Å². The van der Waals surface area contributed by atoms with Gasteiger partial charge < -0.3 is 14.6 Å². The van der Waals surface area contributed by atoms with Gasteiger partial charge in [0.15, 0.2) is 0 Å². The van der Waals surface area contributed by atoms with Crippen molar-refractivity contribution in [2.75, 3.05) is 0 Å². The maximum atomic E-state index is 12.3. The number of ether oxygens (including phenoxy) is 1. The number of rotatable bonds is 2. The summed E-state index contributed by atoms with van der Waals surface area (Å²) in [5.74, 6) is -0.803. The maximum Gasteiger partial charge on any atom is 1.00 e. The zero-order chi connectivity index (χ0) is 17.8. The minimum Gasteiger partial charge on any atom is -0.543 e. The second kappa shape index (κ2) is 6.87. The molecule has 0 unspecified atom stereocenters. The number of nitrogens with zero attached hydrogens (tertiary/aromatic N) is 3. The van der Waals surface area contributed by atoms with Crippen LogP contribution in [0.5, 0.6) is 5.75 Å². The molecule has 5 rings (SSSR count). The quantitative estimate of drug-likeness (QED) is 0.327. The molecule has 7 nitrogen and oxygen atoms in total. The van der Waals surface area contributed by atoms with Gasteiger partial charge in [-0.1, -0.05) is 18.2 Å². The van der Waals surface area contributed by atoms with E-state index in [-0.39, 0.29) is 46.5 Å². The zero-order valence-corrected chi connectivity index (χ0v) is 17.2. The SMILES string of the molecule is O=C([O-])C1=CS[C@@H]2/C(=C/c3cc4n(n3)Cc3ccccc3OC4)C(=O)N12.[Na+]. The molecular formula is C18H12N3NaO4S. The van der Waals surface area contributed by atoms with Gasteiger partial charge >= 0.3 is 29.6 Å². The van der Waals surface area contributed by atoms with E-state index < -0.39 is 5.97 Å². The third-order valence-electron chi connectivity index (χ3n) is 4.60. The smallest absolute Gasteiger partial charge is 0.543 e. The predicted octanol–water partition coefficient (Wildman–Crippen LogP) is -2.28. The van der Waals surface area contributed by atoms with Gasteiger partial charge in [0.25, 0.3) is 5.91 Å². The van der Waals surface area contributed by atoms with E-state index in [1.807, 2.05) is 35.0 Å². The fourth-order valence-corrected chi connectivity index (χ4v) is 4.42. The van der Waals surface area contributed by atoms with Gasteiger partial charge in [-0.3, -0.25) is 14.4 Å². The van der Waals surface area contributed by atoms with Gasteiger partial charge in [0.05, 0.1) is 35.2 Å². The Morgan fingerprint density at radius 2 is 2.19 bits per heavy atom. The van der Waals surface area contributed by atoms with Gasteiger partial charge in [0, 0.05) is 5.56 Å². The first kappa shape index (κ1) is 18.4. The molecule has 9 heteroatoms. The number of aliphatic carboxylic acids is 1. The Morgan fingerprint density at radius 3 is 3.00 bits per heavy atom. The monoisotopic (exact) mass is 389 g/mol. The Labute approximate surface area is 181 Å². The Hall–Kier alpha value is -2.00. The number of fused-ring (bicyclic) bond motifs is 3. The van der Waals surface area contributed by atoms with E-state index in [9.17, 15) is 14.7 Å². The summed E-state index contributed by atoms with van der Waals surface area (Å²) in [4.78, 5) is 24.6. The first-order valence-corrected chi connectivity index (χ1v) is 8.95. The fraction of sp³-hybridized carbons (Fsp3) is 0.167. The fourth-order valence-electron chi connectivity index (χ4n) is 3.31. The number of carbonyl (C=O) groups is 2. The van der Waals surface area contributed by atoms with Crippen molar-refractivity contribution < 1.29 is 49.0 Å². The van der Waals surface area contributed by atoms with Crippen molar-refractivity contribution >= 4 is 29.7 Å². The first-order valence-electron chi connectivity index (χ1n) is 8.01. The number of hydrogen-bond donors (Lipinski definition) is 0. The zero-order valence-electron chi connectivity index (χ0n) is 14.4. The van der Waals surface area contributed by atoms with E-state index in [2.05, 4.69) is 5.10 Å². The van der Waals surface area contributed by atoms with Crippen LogP contribution in [-0.2, 0) is 22.7 Å². The van der Waals surface area contributed by atoms with Crippen LogP contribution < -0.4 is 39.4 Å². The van der Waals surface area contributed by atoms with Crippen LogP contribution in [0.3, 0.4) is 0 Å². The summed E-state index contributed by atoms with van der Waals surface area (Å²) in [5.41, 5.74) is 3.09. The third kappa shape index (κ3) is 2.93. The molecule has 1 atom stereocenters. The largest absolute Gasteiger partial charge is 1.00 e. The number of β-lactam (4-membered cyclic amide) rings is 1. The van der Waals surface area contributed by atoms with Crippen LogP contribution in [0.15, 0.2) is 47.0 Å².